The highest BCUT2D eigenvalue weighted by Gasteiger charge is 2.50. The number of carbonyl (C=O) groups excluding carboxylic acids is 3. The van der Waals surface area contributed by atoms with Crippen molar-refractivity contribution in [3.63, 3.8) is 0 Å². The minimum atomic E-state index is -1.91. The molecule has 0 amide bonds. The molecule has 0 radical (unpaired) electrons. The summed E-state index contributed by atoms with van der Waals surface area (Å²) >= 11 is 0. The molecule has 1 fully saturated rings. The molecule has 0 bridgehead atoms. The fourth-order valence-corrected chi connectivity index (χ4v) is 9.04. The first-order chi connectivity index (χ1) is 37.6. The fourth-order valence-electron chi connectivity index (χ4n) is 9.04. The first-order valence-corrected chi connectivity index (χ1v) is 30.9. The van der Waals surface area contributed by atoms with Crippen molar-refractivity contribution in [3.05, 3.63) is 72.9 Å². The smallest absolute Gasteiger partial charge is 0.335 e. The van der Waals surface area contributed by atoms with E-state index >= 15 is 0 Å². The number of carboxylic acid groups (broad SMARTS) is 1. The summed E-state index contributed by atoms with van der Waals surface area (Å²) in [4.78, 5) is 51.2. The van der Waals surface area contributed by atoms with E-state index in [2.05, 4.69) is 93.7 Å². The van der Waals surface area contributed by atoms with Gasteiger partial charge in [0.25, 0.3) is 0 Å². The van der Waals surface area contributed by atoms with E-state index in [1.54, 1.807) is 0 Å². The van der Waals surface area contributed by atoms with Gasteiger partial charge >= 0.3 is 23.9 Å². The van der Waals surface area contributed by atoms with Crippen LogP contribution in [0.2, 0.25) is 0 Å². The number of unbranched alkanes of at least 4 members (excludes halogenated alkanes) is 26. The number of carboxylic acids is 1. The maximum Gasteiger partial charge on any atom is 0.335 e. The van der Waals surface area contributed by atoms with Crippen molar-refractivity contribution < 1.29 is 58.2 Å². The van der Waals surface area contributed by atoms with Crippen molar-refractivity contribution in [1.29, 1.82) is 0 Å². The Morgan fingerprint density at radius 3 is 1.27 bits per heavy atom. The molecular formula is C65H110O12. The summed E-state index contributed by atoms with van der Waals surface area (Å²) in [5.41, 5.74) is 0. The molecule has 3 N–H and O–H groups in total. The maximum absolute atomic E-state index is 13.2. The van der Waals surface area contributed by atoms with Crippen molar-refractivity contribution >= 4 is 23.9 Å². The maximum atomic E-state index is 13.2. The van der Waals surface area contributed by atoms with Gasteiger partial charge in [-0.25, -0.2) is 4.79 Å². The van der Waals surface area contributed by atoms with E-state index in [0.29, 0.717) is 19.3 Å². The molecule has 12 nitrogen and oxygen atoms in total. The van der Waals surface area contributed by atoms with Crippen LogP contribution in [0.5, 0.6) is 0 Å². The summed E-state index contributed by atoms with van der Waals surface area (Å²) in [6.45, 7) is 5.84. The van der Waals surface area contributed by atoms with Crippen molar-refractivity contribution in [2.24, 2.45) is 0 Å². The molecule has 6 unspecified atom stereocenters. The van der Waals surface area contributed by atoms with Gasteiger partial charge in [-0.3, -0.25) is 14.4 Å². The molecule has 12 heteroatoms. The molecule has 6 atom stereocenters. The number of ether oxygens (including phenoxy) is 5. The largest absolute Gasteiger partial charge is 0.479 e. The first-order valence-electron chi connectivity index (χ1n) is 30.9. The Balaban J connectivity index is 2.69. The number of hydrogen-bond donors (Lipinski definition) is 3. The molecule has 1 aliphatic heterocycles. The van der Waals surface area contributed by atoms with Crippen LogP contribution in [0.4, 0.5) is 0 Å². The van der Waals surface area contributed by atoms with Crippen molar-refractivity contribution in [3.8, 4) is 0 Å². The molecule has 1 heterocycles. The lowest BCUT2D eigenvalue weighted by atomic mass is 9.98. The van der Waals surface area contributed by atoms with Crippen LogP contribution in [0, 0.1) is 0 Å². The third-order valence-electron chi connectivity index (χ3n) is 13.8. The number of aliphatic carboxylic acids is 1. The van der Waals surface area contributed by atoms with Crippen LogP contribution in [-0.2, 0) is 42.9 Å². The molecule has 1 aliphatic rings. The fraction of sp³-hybridized carbons (Fsp3) is 0.754. The van der Waals surface area contributed by atoms with Gasteiger partial charge in [-0.05, 0) is 89.9 Å². The zero-order valence-electron chi connectivity index (χ0n) is 48.7. The Morgan fingerprint density at radius 2 is 0.818 bits per heavy atom. The lowest BCUT2D eigenvalue weighted by molar-refractivity contribution is -0.301. The quantitative estimate of drug-likeness (QED) is 0.0228. The Hall–Kier alpha value is -3.84. The predicted octanol–water partition coefficient (Wildman–Crippen LogP) is 16.1. The number of esters is 3. The molecule has 0 spiro atoms. The monoisotopic (exact) mass is 1080 g/mol. The minimum absolute atomic E-state index is 0.0575. The standard InChI is InChI=1S/C65H110O12/c1-4-7-10-13-16-19-22-24-26-28-29-31-32-34-37-39-42-45-48-51-57(66)73-54-56(75-58(67)52-49-46-43-41-38-35-33-30-27-25-23-20-17-14-11-8-5-2)55-74-65-63(61(70)60(69)62(77-65)64(71)72)76-59(68)53-50-47-44-40-36-21-18-15-12-9-6-3/h7,10,16,19,24-27,29,31,34,37,56,60-63,65,69-70H,4-6,8-9,11-15,17-18,20-23,28,30,32-33,35-36,38-55H2,1-3H3,(H,71,72)/b10-7-,19-16-,26-24-,27-25-,31-29-,37-34-. The molecule has 0 aromatic carbocycles. The lowest BCUT2D eigenvalue weighted by Crippen LogP contribution is -2.61. The number of allylic oxidation sites excluding steroid dienone is 12. The summed E-state index contributed by atoms with van der Waals surface area (Å²) in [7, 11) is 0. The Kier molecular flexibility index (Phi) is 48.8. The molecule has 1 saturated heterocycles. The third-order valence-corrected chi connectivity index (χ3v) is 13.8. The van der Waals surface area contributed by atoms with Crippen molar-refractivity contribution in [1.82, 2.24) is 0 Å². The number of hydrogen-bond acceptors (Lipinski definition) is 11. The molecule has 0 saturated carbocycles. The lowest BCUT2D eigenvalue weighted by Gasteiger charge is -2.40. The van der Waals surface area contributed by atoms with E-state index in [1.807, 2.05) is 0 Å². The van der Waals surface area contributed by atoms with Gasteiger partial charge in [-0.15, -0.1) is 0 Å². The Bertz CT molecular complexity index is 1620. The van der Waals surface area contributed by atoms with E-state index in [9.17, 15) is 34.5 Å². The number of aliphatic hydroxyl groups excluding tert-OH is 2. The molecule has 0 aromatic rings. The number of carbonyl (C=O) groups is 4. The van der Waals surface area contributed by atoms with E-state index in [4.69, 9.17) is 23.7 Å². The third kappa shape index (κ3) is 42.7. The summed E-state index contributed by atoms with van der Waals surface area (Å²) in [6, 6.07) is 0. The van der Waals surface area contributed by atoms with E-state index < -0.39 is 67.3 Å². The van der Waals surface area contributed by atoms with Gasteiger partial charge < -0.3 is 39.0 Å². The van der Waals surface area contributed by atoms with Crippen molar-refractivity contribution in [2.75, 3.05) is 13.2 Å². The van der Waals surface area contributed by atoms with Gasteiger partial charge in [0.2, 0.25) is 0 Å². The summed E-state index contributed by atoms with van der Waals surface area (Å²) in [5.74, 6) is -3.16. The molecule has 442 valence electrons. The van der Waals surface area contributed by atoms with Gasteiger partial charge in [0, 0.05) is 19.3 Å². The van der Waals surface area contributed by atoms with Crippen LogP contribution in [0.3, 0.4) is 0 Å². The topological polar surface area (TPSA) is 175 Å². The molecule has 0 aliphatic carbocycles. The van der Waals surface area contributed by atoms with Crippen LogP contribution in [0.15, 0.2) is 72.9 Å². The van der Waals surface area contributed by atoms with Crippen LogP contribution < -0.4 is 0 Å². The minimum Gasteiger partial charge on any atom is -0.479 e. The Labute approximate surface area is 468 Å². The molecule has 0 aromatic heterocycles. The van der Waals surface area contributed by atoms with E-state index in [0.717, 1.165) is 109 Å². The second kappa shape index (κ2) is 52.8. The van der Waals surface area contributed by atoms with Gasteiger partial charge in [0.05, 0.1) is 6.61 Å². The first kappa shape index (κ1) is 71.2. The normalized spacial score (nSPS) is 18.5. The van der Waals surface area contributed by atoms with Gasteiger partial charge in [-0.2, -0.15) is 0 Å². The van der Waals surface area contributed by atoms with Crippen LogP contribution in [0.1, 0.15) is 265 Å². The predicted molar refractivity (Wildman–Crippen MR) is 312 cm³/mol. The summed E-state index contributed by atoms with van der Waals surface area (Å²) in [6.07, 6.45) is 54.4. The second-order valence-electron chi connectivity index (χ2n) is 21.0. The zero-order valence-corrected chi connectivity index (χ0v) is 48.7. The van der Waals surface area contributed by atoms with E-state index in [-0.39, 0.29) is 25.9 Å². The molecule has 1 rings (SSSR count). The van der Waals surface area contributed by atoms with E-state index in [1.165, 1.54) is 96.3 Å². The average molecular weight is 1080 g/mol. The van der Waals surface area contributed by atoms with Gasteiger partial charge in [0.15, 0.2) is 24.6 Å². The second-order valence-corrected chi connectivity index (χ2v) is 21.0. The van der Waals surface area contributed by atoms with Crippen molar-refractivity contribution in [2.45, 2.75) is 302 Å². The highest BCUT2D eigenvalue weighted by Crippen LogP contribution is 2.26. The number of aliphatic hydroxyl groups is 2. The average Bonchev–Trinajstić information content (AvgIpc) is 3.42. The van der Waals surface area contributed by atoms with Crippen LogP contribution >= 0.6 is 0 Å². The zero-order chi connectivity index (χ0) is 56.1. The molecule has 77 heavy (non-hydrogen) atoms. The highest BCUT2D eigenvalue weighted by molar-refractivity contribution is 5.74. The van der Waals surface area contributed by atoms with Crippen LogP contribution in [0.25, 0.3) is 0 Å². The van der Waals surface area contributed by atoms with Gasteiger partial charge in [0.1, 0.15) is 18.8 Å². The summed E-state index contributed by atoms with van der Waals surface area (Å²) < 4.78 is 28.4. The number of rotatable bonds is 52. The summed E-state index contributed by atoms with van der Waals surface area (Å²) in [5, 5.41) is 31.5. The highest BCUT2D eigenvalue weighted by atomic mass is 16.7. The van der Waals surface area contributed by atoms with Crippen LogP contribution in [-0.4, -0.2) is 89.2 Å². The SMILES string of the molecule is CC/C=C\C/C=C\C/C=C\C/C=C\C/C=C\CCCCCC(=O)OCC(COC1OC(C(=O)O)C(O)C(O)C1OC(=O)CCCCCCCCCCCCC)OC(=O)CCCCCCCCC/C=C\CCCCCCCC. The van der Waals surface area contributed by atoms with Gasteiger partial charge in [-0.1, -0.05) is 229 Å². The molecular weight excluding hydrogens is 973 g/mol. The Morgan fingerprint density at radius 1 is 0.442 bits per heavy atom.